The molecule has 0 saturated heterocycles. The van der Waals surface area contributed by atoms with Gasteiger partial charge in [-0.15, -0.1) is 0 Å². The first-order chi connectivity index (χ1) is 13.7. The summed E-state index contributed by atoms with van der Waals surface area (Å²) in [5.41, 5.74) is 3.92. The molecule has 3 aromatic rings. The van der Waals surface area contributed by atoms with Crippen molar-refractivity contribution in [2.45, 2.75) is 25.4 Å². The van der Waals surface area contributed by atoms with Gasteiger partial charge in [0.25, 0.3) is 0 Å². The fourth-order valence-corrected chi connectivity index (χ4v) is 3.41. The highest BCUT2D eigenvalue weighted by Gasteiger charge is 2.30. The molecule has 3 nitrogen and oxygen atoms in total. The van der Waals surface area contributed by atoms with Crippen molar-refractivity contribution in [3.63, 3.8) is 0 Å². The Kier molecular flexibility index (Phi) is 5.49. The summed E-state index contributed by atoms with van der Waals surface area (Å²) in [5.74, 6) is -0.269. The molecule has 142 valence electrons. The zero-order valence-corrected chi connectivity index (χ0v) is 15.6. The molecular formula is C24H23FN2O. The maximum Gasteiger partial charge on any atom is 0.238 e. The number of amides is 1. The van der Waals surface area contributed by atoms with Crippen molar-refractivity contribution in [2.75, 3.05) is 11.9 Å². The van der Waals surface area contributed by atoms with Gasteiger partial charge in [-0.1, -0.05) is 60.7 Å². The number of nitrogens with one attached hydrogen (secondary N) is 1. The highest BCUT2D eigenvalue weighted by molar-refractivity contribution is 5.96. The highest BCUT2D eigenvalue weighted by atomic mass is 19.1. The molecule has 0 bridgehead atoms. The topological polar surface area (TPSA) is 32.3 Å². The number of para-hydroxylation sites is 1. The van der Waals surface area contributed by atoms with E-state index in [4.69, 9.17) is 0 Å². The first-order valence-corrected chi connectivity index (χ1v) is 9.62. The predicted molar refractivity (Wildman–Crippen MR) is 110 cm³/mol. The molecule has 1 amide bonds. The van der Waals surface area contributed by atoms with E-state index < -0.39 is 0 Å². The van der Waals surface area contributed by atoms with Gasteiger partial charge in [0.15, 0.2) is 0 Å². The second-order valence-corrected chi connectivity index (χ2v) is 7.22. The van der Waals surface area contributed by atoms with Gasteiger partial charge in [0, 0.05) is 23.8 Å². The molecule has 0 atom stereocenters. The molecule has 0 heterocycles. The molecule has 3 aromatic carbocycles. The first kappa shape index (κ1) is 18.4. The summed E-state index contributed by atoms with van der Waals surface area (Å²) in [5, 5.41) is 3.08. The summed E-state index contributed by atoms with van der Waals surface area (Å²) in [7, 11) is 0. The van der Waals surface area contributed by atoms with E-state index in [1.807, 2.05) is 54.6 Å². The van der Waals surface area contributed by atoms with Crippen LogP contribution in [0, 0.1) is 5.82 Å². The molecule has 1 aliphatic rings. The Hall–Kier alpha value is -2.98. The van der Waals surface area contributed by atoms with Gasteiger partial charge in [0.2, 0.25) is 5.91 Å². The maximum absolute atomic E-state index is 13.1. The quantitative estimate of drug-likeness (QED) is 0.624. The van der Waals surface area contributed by atoms with E-state index in [0.717, 1.165) is 35.2 Å². The minimum Gasteiger partial charge on any atom is -0.324 e. The minimum atomic E-state index is -0.239. The van der Waals surface area contributed by atoms with E-state index in [1.165, 1.54) is 12.1 Å². The summed E-state index contributed by atoms with van der Waals surface area (Å²) in [6.45, 7) is 0.976. The van der Waals surface area contributed by atoms with Crippen LogP contribution in [0.5, 0.6) is 0 Å². The highest BCUT2D eigenvalue weighted by Crippen LogP contribution is 2.30. The molecule has 1 N–H and O–H groups in total. The van der Waals surface area contributed by atoms with Crippen molar-refractivity contribution < 1.29 is 9.18 Å². The van der Waals surface area contributed by atoms with Crippen LogP contribution < -0.4 is 5.32 Å². The minimum absolute atomic E-state index is 0.0302. The van der Waals surface area contributed by atoms with Crippen molar-refractivity contribution in [1.82, 2.24) is 4.90 Å². The molecule has 0 aliphatic heterocycles. The summed E-state index contributed by atoms with van der Waals surface area (Å²) >= 11 is 0. The smallest absolute Gasteiger partial charge is 0.238 e. The third-order valence-electron chi connectivity index (χ3n) is 4.99. The number of carbonyl (C=O) groups is 1. The zero-order valence-electron chi connectivity index (χ0n) is 15.6. The Balaban J connectivity index is 1.45. The van der Waals surface area contributed by atoms with Crippen LogP contribution in [0.25, 0.3) is 11.1 Å². The lowest BCUT2D eigenvalue weighted by Crippen LogP contribution is -2.34. The first-order valence-electron chi connectivity index (χ1n) is 9.62. The molecule has 28 heavy (non-hydrogen) atoms. The van der Waals surface area contributed by atoms with Gasteiger partial charge in [-0.2, -0.15) is 0 Å². The van der Waals surface area contributed by atoms with Crippen LogP contribution in [0.3, 0.4) is 0 Å². The number of carbonyl (C=O) groups excluding carboxylic acids is 1. The van der Waals surface area contributed by atoms with Crippen LogP contribution in [-0.4, -0.2) is 23.4 Å². The Labute approximate surface area is 164 Å². The number of hydrogen-bond donors (Lipinski definition) is 1. The van der Waals surface area contributed by atoms with E-state index in [-0.39, 0.29) is 11.7 Å². The van der Waals surface area contributed by atoms with Crippen molar-refractivity contribution >= 4 is 11.6 Å². The monoisotopic (exact) mass is 374 g/mol. The number of rotatable bonds is 7. The molecule has 1 aliphatic carbocycles. The van der Waals surface area contributed by atoms with Crippen LogP contribution in [0.2, 0.25) is 0 Å². The van der Waals surface area contributed by atoms with Gasteiger partial charge in [0.1, 0.15) is 5.82 Å². The molecule has 1 fully saturated rings. The molecule has 1 saturated carbocycles. The molecule has 0 aromatic heterocycles. The van der Waals surface area contributed by atoms with E-state index >= 15 is 0 Å². The van der Waals surface area contributed by atoms with Crippen LogP contribution in [0.4, 0.5) is 10.1 Å². The van der Waals surface area contributed by atoms with Crippen molar-refractivity contribution in [2.24, 2.45) is 0 Å². The van der Waals surface area contributed by atoms with Gasteiger partial charge in [-0.05, 0) is 42.2 Å². The van der Waals surface area contributed by atoms with Crippen molar-refractivity contribution in [3.05, 3.63) is 90.2 Å². The number of halogens is 1. The van der Waals surface area contributed by atoms with Gasteiger partial charge >= 0.3 is 0 Å². The molecule has 0 radical (unpaired) electrons. The standard InChI is InChI=1S/C24H23FN2O/c25-20-12-10-18(11-13-20)16-27(21-14-15-21)17-24(28)26-23-9-5-4-8-22(23)19-6-2-1-3-7-19/h1-13,21H,14-17H2,(H,26,28). The van der Waals surface area contributed by atoms with Gasteiger partial charge in [0.05, 0.1) is 6.54 Å². The summed E-state index contributed by atoms with van der Waals surface area (Å²) in [6, 6.07) is 24.8. The number of hydrogen-bond acceptors (Lipinski definition) is 2. The average Bonchev–Trinajstić information content (AvgIpc) is 3.56. The van der Waals surface area contributed by atoms with Gasteiger partial charge in [-0.3, -0.25) is 9.69 Å². The normalized spacial score (nSPS) is 13.5. The predicted octanol–water partition coefficient (Wildman–Crippen LogP) is 5.10. The number of nitrogens with zero attached hydrogens (tertiary/aromatic N) is 1. The summed E-state index contributed by atoms with van der Waals surface area (Å²) in [6.07, 6.45) is 2.21. The molecule has 4 heteroatoms. The fourth-order valence-electron chi connectivity index (χ4n) is 3.41. The van der Waals surface area contributed by atoms with Crippen LogP contribution in [0.1, 0.15) is 18.4 Å². The lowest BCUT2D eigenvalue weighted by molar-refractivity contribution is -0.117. The van der Waals surface area contributed by atoms with E-state index in [1.54, 1.807) is 12.1 Å². The molecule has 0 spiro atoms. The average molecular weight is 374 g/mol. The zero-order chi connectivity index (χ0) is 19.3. The Morgan fingerprint density at radius 3 is 2.32 bits per heavy atom. The fraction of sp³-hybridized carbons (Fsp3) is 0.208. The molecular weight excluding hydrogens is 351 g/mol. The third kappa shape index (κ3) is 4.65. The van der Waals surface area contributed by atoms with Gasteiger partial charge in [-0.25, -0.2) is 4.39 Å². The summed E-state index contributed by atoms with van der Waals surface area (Å²) in [4.78, 5) is 14.9. The lowest BCUT2D eigenvalue weighted by Gasteiger charge is -2.22. The van der Waals surface area contributed by atoms with Crippen LogP contribution in [-0.2, 0) is 11.3 Å². The van der Waals surface area contributed by atoms with Crippen LogP contribution in [0.15, 0.2) is 78.9 Å². The Morgan fingerprint density at radius 1 is 0.929 bits per heavy atom. The second kappa shape index (κ2) is 8.36. The third-order valence-corrected chi connectivity index (χ3v) is 4.99. The number of benzene rings is 3. The van der Waals surface area contributed by atoms with Crippen molar-refractivity contribution in [3.8, 4) is 11.1 Å². The molecule has 0 unspecified atom stereocenters. The van der Waals surface area contributed by atoms with Crippen LogP contribution >= 0.6 is 0 Å². The van der Waals surface area contributed by atoms with Gasteiger partial charge < -0.3 is 5.32 Å². The number of anilines is 1. The summed E-state index contributed by atoms with van der Waals surface area (Å²) < 4.78 is 13.1. The second-order valence-electron chi connectivity index (χ2n) is 7.22. The van der Waals surface area contributed by atoms with Crippen molar-refractivity contribution in [1.29, 1.82) is 0 Å². The Morgan fingerprint density at radius 2 is 1.61 bits per heavy atom. The van der Waals surface area contributed by atoms with E-state index in [2.05, 4.69) is 10.2 Å². The van der Waals surface area contributed by atoms with E-state index in [9.17, 15) is 9.18 Å². The van der Waals surface area contributed by atoms with E-state index in [0.29, 0.717) is 19.1 Å². The largest absolute Gasteiger partial charge is 0.324 e. The Bertz CT molecular complexity index is 936. The lowest BCUT2D eigenvalue weighted by atomic mass is 10.0. The molecule has 4 rings (SSSR count). The SMILES string of the molecule is O=C(CN(Cc1ccc(F)cc1)C1CC1)Nc1ccccc1-c1ccccc1. The maximum atomic E-state index is 13.1.